The summed E-state index contributed by atoms with van der Waals surface area (Å²) < 4.78 is 0.701. The lowest BCUT2D eigenvalue weighted by molar-refractivity contribution is -0.273. The van der Waals surface area contributed by atoms with Gasteiger partial charge in [-0.05, 0) is 17.3 Å². The average molecular weight is 225 g/mol. The molecule has 2 rings (SSSR count). The molecule has 0 aliphatic heterocycles. The van der Waals surface area contributed by atoms with E-state index in [0.717, 1.165) is 0 Å². The Labute approximate surface area is 76.4 Å². The van der Waals surface area contributed by atoms with Gasteiger partial charge in [0.2, 0.25) is 0 Å². The second kappa shape index (κ2) is 2.67. The number of hydrogen-bond acceptors (Lipinski definition) is 4. The van der Waals surface area contributed by atoms with E-state index in [9.17, 15) is 5.11 Å². The Morgan fingerprint density at radius 1 is 1.25 bits per heavy atom. The van der Waals surface area contributed by atoms with E-state index in [1.165, 1.54) is 0 Å². The second-order valence-corrected chi connectivity index (χ2v) is 3.08. The SMILES string of the molecule is [O-]c1nnnc2cccc(Br)c12. The van der Waals surface area contributed by atoms with Gasteiger partial charge in [0.25, 0.3) is 0 Å². The minimum Gasteiger partial charge on any atom is -0.857 e. The van der Waals surface area contributed by atoms with E-state index >= 15 is 0 Å². The van der Waals surface area contributed by atoms with Crippen LogP contribution in [0.5, 0.6) is 5.88 Å². The van der Waals surface area contributed by atoms with Gasteiger partial charge < -0.3 is 5.11 Å². The van der Waals surface area contributed by atoms with Crippen molar-refractivity contribution >= 4 is 26.8 Å². The summed E-state index contributed by atoms with van der Waals surface area (Å²) in [5.74, 6) is -0.354. The van der Waals surface area contributed by atoms with Crippen LogP contribution in [0.4, 0.5) is 0 Å². The van der Waals surface area contributed by atoms with Gasteiger partial charge in [-0.2, -0.15) is 0 Å². The highest BCUT2D eigenvalue weighted by Crippen LogP contribution is 2.25. The van der Waals surface area contributed by atoms with Gasteiger partial charge >= 0.3 is 0 Å². The number of halogens is 1. The Kier molecular flexibility index (Phi) is 1.65. The van der Waals surface area contributed by atoms with E-state index < -0.39 is 0 Å². The largest absolute Gasteiger partial charge is 0.857 e. The first-order valence-corrected chi connectivity index (χ1v) is 4.03. The first-order chi connectivity index (χ1) is 5.79. The van der Waals surface area contributed by atoms with Crippen LogP contribution in [0.3, 0.4) is 0 Å². The molecule has 1 aromatic carbocycles. The molecule has 0 bridgehead atoms. The fourth-order valence-electron chi connectivity index (χ4n) is 0.969. The second-order valence-electron chi connectivity index (χ2n) is 2.23. The van der Waals surface area contributed by atoms with E-state index in [2.05, 4.69) is 31.3 Å². The Morgan fingerprint density at radius 3 is 2.83 bits per heavy atom. The number of benzene rings is 1. The zero-order valence-electron chi connectivity index (χ0n) is 5.86. The van der Waals surface area contributed by atoms with E-state index in [0.29, 0.717) is 15.4 Å². The normalized spacial score (nSPS) is 10.4. The molecule has 0 saturated carbocycles. The topological polar surface area (TPSA) is 61.7 Å². The monoisotopic (exact) mass is 224 g/mol. The number of hydrogen-bond donors (Lipinski definition) is 0. The lowest BCUT2D eigenvalue weighted by Gasteiger charge is -2.06. The van der Waals surface area contributed by atoms with Gasteiger partial charge in [-0.1, -0.05) is 22.0 Å². The van der Waals surface area contributed by atoms with Crippen LogP contribution in [0.1, 0.15) is 0 Å². The third-order valence-corrected chi connectivity index (χ3v) is 2.15. The first-order valence-electron chi connectivity index (χ1n) is 3.23. The summed E-state index contributed by atoms with van der Waals surface area (Å²) >= 11 is 3.24. The fraction of sp³-hybridized carbons (Fsp3) is 0. The molecule has 0 aliphatic carbocycles. The van der Waals surface area contributed by atoms with Crippen molar-refractivity contribution in [3.63, 3.8) is 0 Å². The van der Waals surface area contributed by atoms with Crippen molar-refractivity contribution in [1.29, 1.82) is 0 Å². The fourth-order valence-corrected chi connectivity index (χ4v) is 1.49. The molecule has 4 nitrogen and oxygen atoms in total. The molecule has 60 valence electrons. The van der Waals surface area contributed by atoms with Gasteiger partial charge in [0.15, 0.2) is 0 Å². The van der Waals surface area contributed by atoms with E-state index in [1.807, 2.05) is 0 Å². The Morgan fingerprint density at radius 2 is 2.08 bits per heavy atom. The molecule has 0 saturated heterocycles. The molecule has 12 heavy (non-hydrogen) atoms. The van der Waals surface area contributed by atoms with Crippen LogP contribution in [-0.2, 0) is 0 Å². The van der Waals surface area contributed by atoms with Gasteiger partial charge in [0.1, 0.15) is 0 Å². The van der Waals surface area contributed by atoms with Crippen molar-refractivity contribution in [2.45, 2.75) is 0 Å². The smallest absolute Gasteiger partial charge is 0.0968 e. The molecule has 0 unspecified atom stereocenters. The molecular weight excluding hydrogens is 222 g/mol. The van der Waals surface area contributed by atoms with Crippen molar-refractivity contribution in [2.75, 3.05) is 0 Å². The van der Waals surface area contributed by atoms with Crippen LogP contribution in [0.15, 0.2) is 22.7 Å². The van der Waals surface area contributed by atoms with Crippen molar-refractivity contribution in [2.24, 2.45) is 0 Å². The summed E-state index contributed by atoms with van der Waals surface area (Å²) in [5, 5.41) is 22.0. The Bertz CT molecular complexity index is 395. The number of rotatable bonds is 0. The standard InChI is InChI=1S/C7H4BrN3O/c8-4-2-1-3-5-6(4)7(12)10-11-9-5/h1-3H,(H,9,10,12)/p-1. The maximum Gasteiger partial charge on any atom is 0.0968 e. The van der Waals surface area contributed by atoms with Crippen molar-refractivity contribution in [1.82, 2.24) is 15.4 Å². The minimum atomic E-state index is -0.354. The molecule has 0 spiro atoms. The van der Waals surface area contributed by atoms with Crippen LogP contribution in [0, 0.1) is 0 Å². The Balaban J connectivity index is 2.96. The van der Waals surface area contributed by atoms with Crippen LogP contribution in [0.25, 0.3) is 10.9 Å². The molecule has 2 aromatic rings. The molecule has 0 radical (unpaired) electrons. The van der Waals surface area contributed by atoms with E-state index in [-0.39, 0.29) is 5.88 Å². The zero-order valence-corrected chi connectivity index (χ0v) is 7.45. The van der Waals surface area contributed by atoms with Gasteiger partial charge in [0, 0.05) is 15.7 Å². The average Bonchev–Trinajstić information content (AvgIpc) is 2.04. The Hall–Kier alpha value is -1.23. The zero-order chi connectivity index (χ0) is 8.55. The van der Waals surface area contributed by atoms with Crippen LogP contribution in [0.2, 0.25) is 0 Å². The highest BCUT2D eigenvalue weighted by molar-refractivity contribution is 9.10. The minimum absolute atomic E-state index is 0.354. The van der Waals surface area contributed by atoms with Gasteiger partial charge in [-0.15, -0.1) is 10.2 Å². The van der Waals surface area contributed by atoms with Crippen molar-refractivity contribution in [3.8, 4) is 5.88 Å². The third kappa shape index (κ3) is 1.02. The molecule has 1 heterocycles. The molecule has 0 fully saturated rings. The molecule has 0 N–H and O–H groups in total. The quantitative estimate of drug-likeness (QED) is 0.667. The molecular formula is C7H3BrN3O-. The van der Waals surface area contributed by atoms with Gasteiger partial charge in [0.05, 0.1) is 5.52 Å². The van der Waals surface area contributed by atoms with Gasteiger partial charge in [-0.3, -0.25) is 0 Å². The van der Waals surface area contributed by atoms with Gasteiger partial charge in [-0.25, -0.2) is 0 Å². The summed E-state index contributed by atoms with van der Waals surface area (Å²) in [6, 6.07) is 5.28. The predicted molar refractivity (Wildman–Crippen MR) is 44.5 cm³/mol. The van der Waals surface area contributed by atoms with E-state index in [1.54, 1.807) is 18.2 Å². The molecule has 0 atom stereocenters. The predicted octanol–water partition coefficient (Wildman–Crippen LogP) is 0.861. The molecule has 5 heteroatoms. The molecule has 0 aliphatic rings. The lowest BCUT2D eigenvalue weighted by atomic mass is 10.2. The van der Waals surface area contributed by atoms with Crippen LogP contribution >= 0.6 is 15.9 Å². The number of fused-ring (bicyclic) bond motifs is 1. The summed E-state index contributed by atoms with van der Waals surface area (Å²) in [7, 11) is 0. The number of nitrogens with zero attached hydrogens (tertiary/aromatic N) is 3. The third-order valence-electron chi connectivity index (χ3n) is 1.49. The highest BCUT2D eigenvalue weighted by Gasteiger charge is 1.99. The summed E-state index contributed by atoms with van der Waals surface area (Å²) in [6.07, 6.45) is 0. The van der Waals surface area contributed by atoms with Crippen LogP contribution in [-0.4, -0.2) is 15.4 Å². The van der Waals surface area contributed by atoms with E-state index in [4.69, 9.17) is 0 Å². The van der Waals surface area contributed by atoms with Crippen molar-refractivity contribution in [3.05, 3.63) is 22.7 Å². The summed E-state index contributed by atoms with van der Waals surface area (Å²) in [4.78, 5) is 0. The maximum absolute atomic E-state index is 11.2. The van der Waals surface area contributed by atoms with Crippen molar-refractivity contribution < 1.29 is 5.11 Å². The highest BCUT2D eigenvalue weighted by atomic mass is 79.9. The molecule has 0 amide bonds. The summed E-state index contributed by atoms with van der Waals surface area (Å²) in [5.41, 5.74) is 0.560. The number of aromatic nitrogens is 3. The first kappa shape index (κ1) is 7.42. The lowest BCUT2D eigenvalue weighted by Crippen LogP contribution is -1.99. The molecule has 1 aromatic heterocycles. The van der Waals surface area contributed by atoms with Crippen LogP contribution < -0.4 is 5.11 Å². The summed E-state index contributed by atoms with van der Waals surface area (Å²) in [6.45, 7) is 0. The maximum atomic E-state index is 11.2.